The average molecular weight is 489 g/mol. The van der Waals surface area contributed by atoms with E-state index in [0.29, 0.717) is 31.2 Å². The van der Waals surface area contributed by atoms with Crippen LogP contribution >= 0.6 is 34.2 Å². The predicted octanol–water partition coefficient (Wildman–Crippen LogP) is 3.18. The van der Waals surface area contributed by atoms with Gasteiger partial charge in [-0.2, -0.15) is 5.10 Å². The molecule has 2 aromatic rings. The number of rotatable bonds is 7. The monoisotopic (exact) mass is 488 g/mol. The first kappa shape index (κ1) is 20.0. The van der Waals surface area contributed by atoms with E-state index in [2.05, 4.69) is 10.5 Å². The van der Waals surface area contributed by atoms with E-state index >= 15 is 0 Å². The fraction of sp³-hybridized carbons (Fsp3) is 0.118. The standard InChI is InChI=1S/C17H14ClIN2O5/c1-25-14-6-10(5-13(19)16(14)26-9-15(22)23)8-20-21-17(24)11-3-2-4-12(18)7-11/h2-8H,9H2,1H3,(H,21,24)(H,22,23)/b20-8-. The van der Waals surface area contributed by atoms with E-state index in [1.165, 1.54) is 19.4 Å². The minimum absolute atomic E-state index is 0.329. The topological polar surface area (TPSA) is 97.2 Å². The van der Waals surface area contributed by atoms with Crippen molar-refractivity contribution < 1.29 is 24.2 Å². The van der Waals surface area contributed by atoms with Gasteiger partial charge in [0.05, 0.1) is 16.9 Å². The zero-order valence-corrected chi connectivity index (χ0v) is 16.4. The third kappa shape index (κ3) is 5.60. The molecule has 0 unspecified atom stereocenters. The molecule has 2 rings (SSSR count). The van der Waals surface area contributed by atoms with Crippen molar-refractivity contribution in [3.05, 3.63) is 56.1 Å². The number of aliphatic carboxylic acids is 1. The quantitative estimate of drug-likeness (QED) is 0.354. The summed E-state index contributed by atoms with van der Waals surface area (Å²) in [5.41, 5.74) is 3.43. The third-order valence-electron chi connectivity index (χ3n) is 3.06. The molecular weight excluding hydrogens is 475 g/mol. The maximum atomic E-state index is 12.0. The lowest BCUT2D eigenvalue weighted by Gasteiger charge is -2.12. The molecule has 7 nitrogen and oxygen atoms in total. The normalized spacial score (nSPS) is 10.6. The van der Waals surface area contributed by atoms with E-state index in [4.69, 9.17) is 26.2 Å². The number of carbonyl (C=O) groups excluding carboxylic acids is 1. The van der Waals surface area contributed by atoms with Gasteiger partial charge in [-0.05, 0) is 58.5 Å². The SMILES string of the molecule is COc1cc(/C=N\NC(=O)c2cccc(Cl)c2)cc(I)c1OCC(=O)O. The zero-order valence-electron chi connectivity index (χ0n) is 13.5. The first-order valence-corrected chi connectivity index (χ1v) is 8.67. The first-order chi connectivity index (χ1) is 12.4. The van der Waals surface area contributed by atoms with Crippen LogP contribution in [-0.4, -0.2) is 36.9 Å². The maximum Gasteiger partial charge on any atom is 0.341 e. The number of nitrogens with one attached hydrogen (secondary N) is 1. The second-order valence-corrected chi connectivity index (χ2v) is 6.52. The molecule has 2 aromatic carbocycles. The number of hydrogen-bond donors (Lipinski definition) is 2. The van der Waals surface area contributed by atoms with E-state index in [9.17, 15) is 9.59 Å². The minimum Gasteiger partial charge on any atom is -0.493 e. The number of methoxy groups -OCH3 is 1. The van der Waals surface area contributed by atoms with Crippen molar-refractivity contribution in [2.75, 3.05) is 13.7 Å². The molecule has 0 radical (unpaired) electrons. The van der Waals surface area contributed by atoms with Crippen LogP contribution in [0.15, 0.2) is 41.5 Å². The van der Waals surface area contributed by atoms with Crippen molar-refractivity contribution in [2.45, 2.75) is 0 Å². The number of halogens is 2. The highest BCUT2D eigenvalue weighted by atomic mass is 127. The number of carboxylic acid groups (broad SMARTS) is 1. The second kappa shape index (κ2) is 9.39. The largest absolute Gasteiger partial charge is 0.493 e. The fourth-order valence-electron chi connectivity index (χ4n) is 1.95. The van der Waals surface area contributed by atoms with Gasteiger partial charge in [0.2, 0.25) is 0 Å². The molecule has 0 saturated heterocycles. The van der Waals surface area contributed by atoms with E-state index in [-0.39, 0.29) is 0 Å². The number of hydrazone groups is 1. The summed E-state index contributed by atoms with van der Waals surface area (Å²) < 4.78 is 11.1. The van der Waals surface area contributed by atoms with Crippen molar-refractivity contribution in [1.29, 1.82) is 0 Å². The highest BCUT2D eigenvalue weighted by Crippen LogP contribution is 2.33. The van der Waals surface area contributed by atoms with Gasteiger partial charge in [0.25, 0.3) is 5.91 Å². The second-order valence-electron chi connectivity index (χ2n) is 4.93. The van der Waals surface area contributed by atoms with Gasteiger partial charge in [0.1, 0.15) is 0 Å². The van der Waals surface area contributed by atoms with Crippen molar-refractivity contribution >= 4 is 52.3 Å². The van der Waals surface area contributed by atoms with Gasteiger partial charge >= 0.3 is 5.97 Å². The van der Waals surface area contributed by atoms with Crippen LogP contribution in [0.5, 0.6) is 11.5 Å². The van der Waals surface area contributed by atoms with Crippen LogP contribution in [0.25, 0.3) is 0 Å². The Bertz CT molecular complexity index is 857. The Hall–Kier alpha value is -2.33. The van der Waals surface area contributed by atoms with Gasteiger partial charge < -0.3 is 14.6 Å². The lowest BCUT2D eigenvalue weighted by Crippen LogP contribution is -2.17. The van der Waals surface area contributed by atoms with E-state index in [0.717, 1.165) is 0 Å². The van der Waals surface area contributed by atoms with Gasteiger partial charge in [0, 0.05) is 10.6 Å². The summed E-state index contributed by atoms with van der Waals surface area (Å²) in [4.78, 5) is 22.7. The number of amides is 1. The molecule has 9 heteroatoms. The molecule has 0 aliphatic carbocycles. The molecule has 0 saturated carbocycles. The third-order valence-corrected chi connectivity index (χ3v) is 4.09. The van der Waals surface area contributed by atoms with Crippen molar-refractivity contribution in [2.24, 2.45) is 5.10 Å². The van der Waals surface area contributed by atoms with Crippen LogP contribution < -0.4 is 14.9 Å². The van der Waals surface area contributed by atoms with Crippen LogP contribution in [0.4, 0.5) is 0 Å². The number of carboxylic acids is 1. The van der Waals surface area contributed by atoms with Crippen LogP contribution in [-0.2, 0) is 4.79 Å². The molecule has 1 amide bonds. The molecule has 0 atom stereocenters. The Morgan fingerprint density at radius 2 is 2.12 bits per heavy atom. The summed E-state index contributed by atoms with van der Waals surface area (Å²) in [7, 11) is 1.45. The molecule has 0 fully saturated rings. The summed E-state index contributed by atoms with van der Waals surface area (Å²) in [6, 6.07) is 9.84. The lowest BCUT2D eigenvalue weighted by molar-refractivity contribution is -0.139. The predicted molar refractivity (Wildman–Crippen MR) is 105 cm³/mol. The van der Waals surface area contributed by atoms with E-state index in [1.54, 1.807) is 30.3 Å². The van der Waals surface area contributed by atoms with Gasteiger partial charge in [0.15, 0.2) is 18.1 Å². The summed E-state index contributed by atoms with van der Waals surface area (Å²) in [6.07, 6.45) is 1.44. The molecule has 0 aliphatic heterocycles. The maximum absolute atomic E-state index is 12.0. The number of carbonyl (C=O) groups is 2. The van der Waals surface area contributed by atoms with Crippen LogP contribution in [0.3, 0.4) is 0 Å². The molecule has 0 aliphatic rings. The fourth-order valence-corrected chi connectivity index (χ4v) is 2.92. The lowest BCUT2D eigenvalue weighted by atomic mass is 10.2. The van der Waals surface area contributed by atoms with Gasteiger partial charge in [-0.15, -0.1) is 0 Å². The average Bonchev–Trinajstić information content (AvgIpc) is 2.60. The molecule has 136 valence electrons. The minimum atomic E-state index is -1.09. The molecule has 0 bridgehead atoms. The smallest absolute Gasteiger partial charge is 0.341 e. The van der Waals surface area contributed by atoms with Gasteiger partial charge in [-0.25, -0.2) is 10.2 Å². The Morgan fingerprint density at radius 1 is 1.35 bits per heavy atom. The van der Waals surface area contributed by atoms with Crippen molar-refractivity contribution in [3.8, 4) is 11.5 Å². The summed E-state index contributed by atoms with van der Waals surface area (Å²) in [6.45, 7) is -0.477. The van der Waals surface area contributed by atoms with Crippen LogP contribution in [0.2, 0.25) is 5.02 Å². The van der Waals surface area contributed by atoms with Crippen LogP contribution in [0, 0.1) is 3.57 Å². The number of ether oxygens (including phenoxy) is 2. The van der Waals surface area contributed by atoms with Crippen LogP contribution in [0.1, 0.15) is 15.9 Å². The van der Waals surface area contributed by atoms with Gasteiger partial charge in [-0.3, -0.25) is 4.79 Å². The Kier molecular flexibility index (Phi) is 7.22. The number of hydrogen-bond acceptors (Lipinski definition) is 5. The summed E-state index contributed by atoms with van der Waals surface area (Å²) >= 11 is 7.85. The highest BCUT2D eigenvalue weighted by Gasteiger charge is 2.12. The molecule has 2 N–H and O–H groups in total. The summed E-state index contributed by atoms with van der Waals surface area (Å²) in [5, 5.41) is 13.1. The van der Waals surface area contributed by atoms with Gasteiger partial charge in [-0.1, -0.05) is 17.7 Å². The van der Waals surface area contributed by atoms with Crippen molar-refractivity contribution in [1.82, 2.24) is 5.43 Å². The highest BCUT2D eigenvalue weighted by molar-refractivity contribution is 14.1. The molecule has 0 aromatic heterocycles. The first-order valence-electron chi connectivity index (χ1n) is 7.22. The summed E-state index contributed by atoms with van der Waals surface area (Å²) in [5.74, 6) is -0.791. The Morgan fingerprint density at radius 3 is 2.77 bits per heavy atom. The number of benzene rings is 2. The van der Waals surface area contributed by atoms with E-state index in [1.807, 2.05) is 22.6 Å². The van der Waals surface area contributed by atoms with E-state index < -0.39 is 18.5 Å². The zero-order chi connectivity index (χ0) is 19.1. The Labute approximate surface area is 168 Å². The molecular formula is C17H14ClIN2O5. The number of nitrogens with zero attached hydrogens (tertiary/aromatic N) is 1. The molecule has 26 heavy (non-hydrogen) atoms. The Balaban J connectivity index is 2.11. The van der Waals surface area contributed by atoms with Crippen molar-refractivity contribution in [3.63, 3.8) is 0 Å². The molecule has 0 spiro atoms. The molecule has 0 heterocycles.